The Hall–Kier alpha value is -2.15. The number of rotatable bonds is 13. The Kier molecular flexibility index (Phi) is 11.2. The summed E-state index contributed by atoms with van der Waals surface area (Å²) < 4.78 is 6.74. The van der Waals surface area contributed by atoms with Gasteiger partial charge in [-0.25, -0.2) is 0 Å². The summed E-state index contributed by atoms with van der Waals surface area (Å²) in [5.74, 6) is 1.08. The Balaban J connectivity index is 2.16. The minimum atomic E-state index is -0.0157. The predicted molar refractivity (Wildman–Crippen MR) is 173 cm³/mol. The summed E-state index contributed by atoms with van der Waals surface area (Å²) in [7, 11) is 0.673. The van der Waals surface area contributed by atoms with Gasteiger partial charge in [0.25, 0.3) is 0 Å². The fourth-order valence-electron chi connectivity index (χ4n) is 5.34. The summed E-state index contributed by atoms with van der Waals surface area (Å²) in [5.41, 5.74) is 8.19. The van der Waals surface area contributed by atoms with E-state index in [0.717, 1.165) is 31.8 Å². The summed E-state index contributed by atoms with van der Waals surface area (Å²) >= 11 is 0. The lowest BCUT2D eigenvalue weighted by molar-refractivity contribution is 0.296. The molecule has 0 saturated heterocycles. The highest BCUT2D eigenvalue weighted by Gasteiger charge is 2.33. The zero-order valence-corrected chi connectivity index (χ0v) is 27.1. The maximum Gasteiger partial charge on any atom is 0.126 e. The molecular weight excluding hydrogens is 493 g/mol. The molecule has 2 atom stereocenters. The van der Waals surface area contributed by atoms with Gasteiger partial charge in [0.05, 0.1) is 0 Å². The monoisotopic (exact) mass is 545 g/mol. The molecule has 0 N–H and O–H groups in total. The number of benzene rings is 3. The molecule has 0 amide bonds. The van der Waals surface area contributed by atoms with Crippen LogP contribution in [-0.4, -0.2) is 18.0 Å². The molecule has 0 fully saturated rings. The molecule has 0 aromatic heterocycles. The van der Waals surface area contributed by atoms with Crippen molar-refractivity contribution >= 4 is 13.9 Å². The number of aryl methyl sites for hydroxylation is 2. The van der Waals surface area contributed by atoms with E-state index in [-0.39, 0.29) is 10.6 Å². The van der Waals surface area contributed by atoms with Gasteiger partial charge in [0.2, 0.25) is 0 Å². The van der Waals surface area contributed by atoms with Crippen LogP contribution in [0.1, 0.15) is 101 Å². The molecule has 3 rings (SSSR count). The lowest BCUT2D eigenvalue weighted by atomic mass is 9.82. The van der Waals surface area contributed by atoms with Gasteiger partial charge in [-0.1, -0.05) is 131 Å². The van der Waals surface area contributed by atoms with Gasteiger partial charge in [-0.05, 0) is 71.9 Å². The normalized spacial score (nSPS) is 13.8. The maximum atomic E-state index is 6.74. The minimum absolute atomic E-state index is 0.0157. The summed E-state index contributed by atoms with van der Waals surface area (Å²) in [5, 5.41) is 1.52. The Labute approximate surface area is 241 Å². The van der Waals surface area contributed by atoms with Crippen LogP contribution in [0, 0.1) is 13.8 Å². The molecule has 2 nitrogen and oxygen atoms in total. The molecule has 0 aliphatic carbocycles. The topological polar surface area (TPSA) is 12.5 Å². The first-order chi connectivity index (χ1) is 18.5. The van der Waals surface area contributed by atoms with Crippen molar-refractivity contribution in [3.8, 4) is 5.75 Å². The van der Waals surface area contributed by atoms with Gasteiger partial charge < -0.3 is 4.74 Å². The Morgan fingerprint density at radius 3 is 2.13 bits per heavy atom. The van der Waals surface area contributed by atoms with E-state index < -0.39 is 0 Å². The fraction of sp³-hybridized carbons (Fsp3) is 0.500. The van der Waals surface area contributed by atoms with Gasteiger partial charge in [-0.3, -0.25) is 4.90 Å². The summed E-state index contributed by atoms with van der Waals surface area (Å²) in [6, 6.07) is 22.3. The summed E-state index contributed by atoms with van der Waals surface area (Å²) in [4.78, 5) is 2.53. The summed E-state index contributed by atoms with van der Waals surface area (Å²) in [6.45, 7) is 24.6. The molecule has 3 aromatic carbocycles. The van der Waals surface area contributed by atoms with E-state index in [2.05, 4.69) is 128 Å². The van der Waals surface area contributed by atoms with Crippen LogP contribution >= 0.6 is 8.58 Å². The summed E-state index contributed by atoms with van der Waals surface area (Å²) in [6.07, 6.45) is 3.55. The Morgan fingerprint density at radius 1 is 0.821 bits per heavy atom. The van der Waals surface area contributed by atoms with E-state index in [1.165, 1.54) is 51.5 Å². The number of nitrogens with zero attached hydrogens (tertiary/aromatic N) is 1. The lowest BCUT2D eigenvalue weighted by Crippen LogP contribution is -2.28. The zero-order valence-electron chi connectivity index (χ0n) is 26.1. The van der Waals surface area contributed by atoms with E-state index >= 15 is 0 Å². The van der Waals surface area contributed by atoms with Gasteiger partial charge in [0.15, 0.2) is 0 Å². The van der Waals surface area contributed by atoms with Crippen LogP contribution in [0.2, 0.25) is 0 Å². The van der Waals surface area contributed by atoms with E-state index in [1.54, 1.807) is 0 Å². The van der Waals surface area contributed by atoms with Crippen LogP contribution in [0.25, 0.3) is 0 Å². The predicted octanol–water partition coefficient (Wildman–Crippen LogP) is 9.43. The van der Waals surface area contributed by atoms with E-state index in [1.807, 2.05) is 0 Å². The van der Waals surface area contributed by atoms with Crippen LogP contribution in [0.4, 0.5) is 0 Å². The van der Waals surface area contributed by atoms with Crippen molar-refractivity contribution in [2.45, 2.75) is 105 Å². The SMILES string of the molecule is CCCCC(C)(Pc1c(C)cccc1CN(CC)CC)c1cc(C(C)(C)C)cc(C)c1OCc1ccccc1. The number of unbranched alkanes of at least 4 members (excludes halogenated alkanes) is 1. The minimum Gasteiger partial charge on any atom is -0.488 e. The first kappa shape index (κ1) is 31.4. The zero-order chi connectivity index (χ0) is 28.6. The van der Waals surface area contributed by atoms with Crippen LogP contribution in [0.3, 0.4) is 0 Å². The van der Waals surface area contributed by atoms with Gasteiger partial charge in [-0.15, -0.1) is 0 Å². The van der Waals surface area contributed by atoms with Gasteiger partial charge in [0, 0.05) is 17.3 Å². The molecule has 39 heavy (non-hydrogen) atoms. The van der Waals surface area contributed by atoms with Crippen LogP contribution in [-0.2, 0) is 23.7 Å². The highest BCUT2D eigenvalue weighted by atomic mass is 31.1. The molecule has 0 aliphatic rings. The average Bonchev–Trinajstić information content (AvgIpc) is 2.91. The quantitative estimate of drug-likeness (QED) is 0.198. The van der Waals surface area contributed by atoms with Crippen LogP contribution in [0.15, 0.2) is 60.7 Å². The van der Waals surface area contributed by atoms with Gasteiger partial charge >= 0.3 is 0 Å². The highest BCUT2D eigenvalue weighted by molar-refractivity contribution is 7.48. The maximum absolute atomic E-state index is 6.74. The second kappa shape index (κ2) is 14.0. The van der Waals surface area contributed by atoms with E-state index in [9.17, 15) is 0 Å². The largest absolute Gasteiger partial charge is 0.488 e. The second-order valence-electron chi connectivity index (χ2n) is 12.3. The third-order valence-electron chi connectivity index (χ3n) is 8.04. The molecule has 2 unspecified atom stereocenters. The van der Waals surface area contributed by atoms with Crippen molar-refractivity contribution in [3.05, 3.63) is 94.0 Å². The first-order valence-corrected chi connectivity index (χ1v) is 15.9. The molecule has 0 radical (unpaired) electrons. The Morgan fingerprint density at radius 2 is 1.51 bits per heavy atom. The number of hydrogen-bond donors (Lipinski definition) is 0. The molecule has 0 bridgehead atoms. The Bertz CT molecular complexity index is 1190. The van der Waals surface area contributed by atoms with Crippen molar-refractivity contribution in [2.75, 3.05) is 13.1 Å². The molecule has 0 aliphatic heterocycles. The van der Waals surface area contributed by atoms with Crippen molar-refractivity contribution in [1.29, 1.82) is 0 Å². The van der Waals surface area contributed by atoms with Crippen molar-refractivity contribution in [3.63, 3.8) is 0 Å². The molecular formula is C36H52NOP. The molecule has 212 valence electrons. The molecule has 0 spiro atoms. The smallest absolute Gasteiger partial charge is 0.126 e. The van der Waals surface area contributed by atoms with Gasteiger partial charge in [0.1, 0.15) is 12.4 Å². The van der Waals surface area contributed by atoms with Crippen molar-refractivity contribution in [1.82, 2.24) is 4.90 Å². The average molecular weight is 546 g/mol. The third kappa shape index (κ3) is 8.18. The second-order valence-corrected chi connectivity index (χ2v) is 14.2. The molecule has 0 saturated carbocycles. The van der Waals surface area contributed by atoms with Gasteiger partial charge in [-0.2, -0.15) is 0 Å². The number of hydrogen-bond acceptors (Lipinski definition) is 2. The van der Waals surface area contributed by atoms with E-state index in [0.29, 0.717) is 15.2 Å². The fourth-order valence-corrected chi connectivity index (χ4v) is 7.11. The van der Waals surface area contributed by atoms with Crippen molar-refractivity contribution < 1.29 is 4.74 Å². The van der Waals surface area contributed by atoms with Crippen molar-refractivity contribution in [2.24, 2.45) is 0 Å². The number of ether oxygens (including phenoxy) is 1. The molecule has 3 aromatic rings. The third-order valence-corrected chi connectivity index (χ3v) is 10.1. The van der Waals surface area contributed by atoms with Crippen LogP contribution in [0.5, 0.6) is 5.75 Å². The van der Waals surface area contributed by atoms with Crippen LogP contribution < -0.4 is 10.0 Å². The standard InChI is InChI=1S/C36H52NOP/c1-10-13-22-36(9,39-34-27(4)18-17-21-30(34)25-37(11-2)12-3)32-24-31(35(6,7)8)23-28(5)33(32)38-26-29-19-15-14-16-20-29/h14-21,23-24,39H,10-13,22,25-26H2,1-9H3. The lowest BCUT2D eigenvalue weighted by Gasteiger charge is -2.36. The first-order valence-electron chi connectivity index (χ1n) is 14.9. The molecule has 3 heteroatoms. The van der Waals surface area contributed by atoms with E-state index in [4.69, 9.17) is 4.74 Å². The highest BCUT2D eigenvalue weighted by Crippen LogP contribution is 2.51. The molecule has 0 heterocycles.